The largest absolute Gasteiger partial charge is 0.313 e. The van der Waals surface area contributed by atoms with Crippen LogP contribution in [0.1, 0.15) is 19.3 Å². The molecule has 0 saturated carbocycles. The summed E-state index contributed by atoms with van der Waals surface area (Å²) < 4.78 is 11.9. The molecule has 0 unspecified atom stereocenters. The average molecular weight is 260 g/mol. The van der Waals surface area contributed by atoms with Gasteiger partial charge in [0.15, 0.2) is 5.15 Å². The van der Waals surface area contributed by atoms with E-state index in [1.807, 2.05) is 0 Å². The summed E-state index contributed by atoms with van der Waals surface area (Å²) in [5.74, 6) is 0.607. The lowest BCUT2D eigenvalue weighted by Crippen LogP contribution is -2.38. The molecule has 1 aromatic rings. The van der Waals surface area contributed by atoms with Gasteiger partial charge in [-0.1, -0.05) is 18.0 Å². The third-order valence-corrected chi connectivity index (χ3v) is 4.20. The summed E-state index contributed by atoms with van der Waals surface area (Å²) in [6, 6.07) is 3.64. The minimum atomic E-state index is -1.08. The Hall–Kier alpha value is -0.520. The van der Waals surface area contributed by atoms with Gasteiger partial charge in [-0.25, -0.2) is 0 Å². The van der Waals surface area contributed by atoms with Gasteiger partial charge in [0.05, 0.1) is 10.8 Å². The first kappa shape index (κ1) is 12.0. The zero-order valence-electron chi connectivity index (χ0n) is 8.86. The smallest absolute Gasteiger partial charge is 0.151 e. The van der Waals surface area contributed by atoms with Gasteiger partial charge in [0.1, 0.15) is 5.03 Å². The highest BCUT2D eigenvalue weighted by molar-refractivity contribution is 7.85. The van der Waals surface area contributed by atoms with E-state index in [1.54, 1.807) is 12.1 Å². The number of nitrogens with one attached hydrogen (secondary N) is 1. The van der Waals surface area contributed by atoms with E-state index in [0.29, 0.717) is 22.0 Å². The molecule has 0 amide bonds. The molecule has 1 saturated heterocycles. The zero-order chi connectivity index (χ0) is 11.4. The predicted molar refractivity (Wildman–Crippen MR) is 64.0 cm³/mol. The molecule has 6 heteroatoms. The van der Waals surface area contributed by atoms with Crippen LogP contribution in [0, 0.1) is 0 Å². The van der Waals surface area contributed by atoms with Crippen molar-refractivity contribution in [2.45, 2.75) is 30.3 Å². The van der Waals surface area contributed by atoms with E-state index in [9.17, 15) is 4.21 Å². The van der Waals surface area contributed by atoms with Gasteiger partial charge in [0.2, 0.25) is 0 Å². The highest BCUT2D eigenvalue weighted by Gasteiger charge is 2.17. The first-order chi connectivity index (χ1) is 7.75. The molecule has 4 nitrogen and oxygen atoms in total. The van der Waals surface area contributed by atoms with Crippen molar-refractivity contribution in [2.75, 3.05) is 12.3 Å². The van der Waals surface area contributed by atoms with Crippen LogP contribution in [0.25, 0.3) is 0 Å². The highest BCUT2D eigenvalue weighted by atomic mass is 35.5. The lowest BCUT2D eigenvalue weighted by molar-refractivity contribution is 0.427. The Morgan fingerprint density at radius 1 is 1.44 bits per heavy atom. The van der Waals surface area contributed by atoms with Gasteiger partial charge >= 0.3 is 0 Å². The molecular formula is C10H14ClN3OS. The van der Waals surface area contributed by atoms with Crippen LogP contribution in [0.15, 0.2) is 17.2 Å². The fraction of sp³-hybridized carbons (Fsp3) is 0.600. The summed E-state index contributed by atoms with van der Waals surface area (Å²) >= 11 is 5.62. The average Bonchev–Trinajstić information content (AvgIpc) is 2.31. The van der Waals surface area contributed by atoms with Gasteiger partial charge in [-0.2, -0.15) is 0 Å². The molecule has 0 radical (unpaired) electrons. The van der Waals surface area contributed by atoms with Crippen molar-refractivity contribution >= 4 is 22.4 Å². The zero-order valence-corrected chi connectivity index (χ0v) is 10.4. The van der Waals surface area contributed by atoms with Crippen LogP contribution in [-0.2, 0) is 10.8 Å². The maximum Gasteiger partial charge on any atom is 0.151 e. The van der Waals surface area contributed by atoms with Crippen molar-refractivity contribution < 1.29 is 4.21 Å². The second kappa shape index (κ2) is 5.70. The van der Waals surface area contributed by atoms with E-state index in [4.69, 9.17) is 11.6 Å². The molecule has 1 N–H and O–H groups in total. The van der Waals surface area contributed by atoms with Crippen LogP contribution >= 0.6 is 11.6 Å². The molecule has 1 fully saturated rings. The monoisotopic (exact) mass is 259 g/mol. The van der Waals surface area contributed by atoms with Crippen molar-refractivity contribution in [2.24, 2.45) is 0 Å². The van der Waals surface area contributed by atoms with Gasteiger partial charge in [-0.05, 0) is 31.5 Å². The topological polar surface area (TPSA) is 54.9 Å². The molecule has 0 spiro atoms. The Balaban J connectivity index is 1.94. The molecular weight excluding hydrogens is 246 g/mol. The van der Waals surface area contributed by atoms with Crippen LogP contribution in [0.5, 0.6) is 0 Å². The van der Waals surface area contributed by atoms with Gasteiger partial charge in [-0.3, -0.25) is 4.21 Å². The quantitative estimate of drug-likeness (QED) is 0.891. The SMILES string of the molecule is O=[S@](C[C@H]1CCCCN1)c1ccc(Cl)nn1. The Labute approximate surface area is 102 Å². The molecule has 16 heavy (non-hydrogen) atoms. The van der Waals surface area contributed by atoms with Gasteiger partial charge in [-0.15, -0.1) is 10.2 Å². The molecule has 0 aliphatic carbocycles. The highest BCUT2D eigenvalue weighted by Crippen LogP contribution is 2.12. The first-order valence-corrected chi connectivity index (χ1v) is 7.06. The summed E-state index contributed by atoms with van der Waals surface area (Å²) in [4.78, 5) is 0. The van der Waals surface area contributed by atoms with Crippen molar-refractivity contribution in [1.82, 2.24) is 15.5 Å². The summed E-state index contributed by atoms with van der Waals surface area (Å²) in [6.07, 6.45) is 3.51. The summed E-state index contributed by atoms with van der Waals surface area (Å²) in [7, 11) is -1.08. The van der Waals surface area contributed by atoms with Crippen molar-refractivity contribution in [3.8, 4) is 0 Å². The Morgan fingerprint density at radius 3 is 2.94 bits per heavy atom. The van der Waals surface area contributed by atoms with E-state index in [0.717, 1.165) is 13.0 Å². The van der Waals surface area contributed by atoms with Crippen LogP contribution in [-0.4, -0.2) is 32.7 Å². The second-order valence-corrected chi connectivity index (χ2v) is 5.68. The van der Waals surface area contributed by atoms with Crippen LogP contribution in [0.4, 0.5) is 0 Å². The molecule has 0 aromatic carbocycles. The molecule has 1 aromatic heterocycles. The summed E-state index contributed by atoms with van der Waals surface area (Å²) in [6.45, 7) is 1.02. The number of nitrogens with zero attached hydrogens (tertiary/aromatic N) is 2. The number of hydrogen-bond acceptors (Lipinski definition) is 4. The minimum Gasteiger partial charge on any atom is -0.313 e. The summed E-state index contributed by atoms with van der Waals surface area (Å²) in [5.41, 5.74) is 0. The Kier molecular flexibility index (Phi) is 4.26. The van der Waals surface area contributed by atoms with Gasteiger partial charge in [0.25, 0.3) is 0 Å². The number of rotatable bonds is 3. The molecule has 0 bridgehead atoms. The van der Waals surface area contributed by atoms with Crippen LogP contribution in [0.3, 0.4) is 0 Å². The minimum absolute atomic E-state index is 0.330. The van der Waals surface area contributed by atoms with E-state index in [1.165, 1.54) is 12.8 Å². The lowest BCUT2D eigenvalue weighted by Gasteiger charge is -2.22. The van der Waals surface area contributed by atoms with Gasteiger partial charge < -0.3 is 5.32 Å². The predicted octanol–water partition coefficient (Wildman–Crippen LogP) is 1.38. The standard InChI is InChI=1S/C10H14ClN3OS/c11-9-4-5-10(14-13-9)16(15)7-8-3-1-2-6-12-8/h4-5,8,12H,1-3,6-7H2/t8-,16-/m1/s1. The van der Waals surface area contributed by atoms with E-state index >= 15 is 0 Å². The van der Waals surface area contributed by atoms with Crippen molar-refractivity contribution in [3.63, 3.8) is 0 Å². The van der Waals surface area contributed by atoms with Crippen molar-refractivity contribution in [3.05, 3.63) is 17.3 Å². The van der Waals surface area contributed by atoms with Crippen molar-refractivity contribution in [1.29, 1.82) is 0 Å². The lowest BCUT2D eigenvalue weighted by atomic mass is 10.1. The molecule has 2 rings (SSSR count). The molecule has 88 valence electrons. The fourth-order valence-corrected chi connectivity index (χ4v) is 3.03. The number of aromatic nitrogens is 2. The number of halogens is 1. The third kappa shape index (κ3) is 3.23. The van der Waals surface area contributed by atoms with Crippen LogP contribution < -0.4 is 5.32 Å². The number of piperidine rings is 1. The first-order valence-electron chi connectivity index (χ1n) is 5.37. The van der Waals surface area contributed by atoms with E-state index < -0.39 is 10.8 Å². The van der Waals surface area contributed by atoms with Crippen LogP contribution in [0.2, 0.25) is 5.15 Å². The Morgan fingerprint density at radius 2 is 2.31 bits per heavy atom. The van der Waals surface area contributed by atoms with E-state index in [2.05, 4.69) is 15.5 Å². The number of hydrogen-bond donors (Lipinski definition) is 1. The maximum atomic E-state index is 11.9. The summed E-state index contributed by atoms with van der Waals surface area (Å²) in [5, 5.41) is 11.7. The molecule has 2 heterocycles. The molecule has 1 aliphatic heterocycles. The van der Waals surface area contributed by atoms with E-state index in [-0.39, 0.29) is 0 Å². The third-order valence-electron chi connectivity index (χ3n) is 2.61. The normalized spacial score (nSPS) is 22.9. The molecule has 1 aliphatic rings. The Bertz CT molecular complexity index is 365. The maximum absolute atomic E-state index is 11.9. The van der Waals surface area contributed by atoms with Gasteiger partial charge in [0, 0.05) is 11.8 Å². The second-order valence-electron chi connectivity index (χ2n) is 3.85. The molecule has 2 atom stereocenters. The fourth-order valence-electron chi connectivity index (χ4n) is 1.76.